The molecule has 1 aromatic carbocycles. The van der Waals surface area contributed by atoms with Crippen molar-refractivity contribution in [3.8, 4) is 0 Å². The number of methoxy groups -OCH3 is 1. The number of carbonyl (C=O) groups is 1. The molecule has 1 aromatic heterocycles. The molecule has 0 bridgehead atoms. The second-order valence-electron chi connectivity index (χ2n) is 5.43. The quantitative estimate of drug-likeness (QED) is 0.740. The van der Waals surface area contributed by atoms with Crippen LogP contribution in [0.3, 0.4) is 0 Å². The molecule has 2 aromatic rings. The maximum atomic E-state index is 11.6. The Bertz CT molecular complexity index is 644. The smallest absolute Gasteiger partial charge is 0.356 e. The summed E-state index contributed by atoms with van der Waals surface area (Å²) in [5.41, 5.74) is 1.96. The van der Waals surface area contributed by atoms with E-state index in [0.717, 1.165) is 16.5 Å². The minimum absolute atomic E-state index is 0.0788. The van der Waals surface area contributed by atoms with Gasteiger partial charge in [0.25, 0.3) is 0 Å². The second kappa shape index (κ2) is 4.82. The van der Waals surface area contributed by atoms with Crippen LogP contribution in [0.2, 0.25) is 5.02 Å². The lowest BCUT2D eigenvalue weighted by Crippen LogP contribution is -2.13. The molecule has 0 spiro atoms. The number of benzene rings is 1. The van der Waals surface area contributed by atoms with Crippen molar-refractivity contribution in [1.29, 1.82) is 0 Å². The molecule has 100 valence electrons. The zero-order valence-electron chi connectivity index (χ0n) is 11.5. The largest absolute Gasteiger partial charge is 0.464 e. The molecule has 2 rings (SSSR count). The predicted octanol–water partition coefficient (Wildman–Crippen LogP) is 3.97. The maximum absolute atomic E-state index is 11.6. The minimum Gasteiger partial charge on any atom is -0.464 e. The molecule has 0 unspecified atom stereocenters. The predicted molar refractivity (Wildman–Crippen MR) is 76.8 cm³/mol. The van der Waals surface area contributed by atoms with Crippen LogP contribution in [-0.2, 0) is 10.2 Å². The van der Waals surface area contributed by atoms with Gasteiger partial charge in [-0.05, 0) is 17.0 Å². The van der Waals surface area contributed by atoms with Gasteiger partial charge in [-0.15, -0.1) is 0 Å². The van der Waals surface area contributed by atoms with E-state index in [2.05, 4.69) is 25.8 Å². The van der Waals surface area contributed by atoms with Crippen LogP contribution in [0.1, 0.15) is 36.8 Å². The number of pyridine rings is 1. The standard InChI is InChI=1S/C15H16ClNO2/c1-15(2,3)10-7-5-6-9-11(16)8-12(14(18)19-4)17-13(9)10/h5-8H,1-4H3. The Morgan fingerprint density at radius 3 is 2.58 bits per heavy atom. The number of rotatable bonds is 1. The molecular weight excluding hydrogens is 262 g/mol. The summed E-state index contributed by atoms with van der Waals surface area (Å²) in [5.74, 6) is -0.479. The molecule has 3 nitrogen and oxygen atoms in total. The van der Waals surface area contributed by atoms with Crippen LogP contribution in [0.15, 0.2) is 24.3 Å². The fourth-order valence-electron chi connectivity index (χ4n) is 2.02. The van der Waals surface area contributed by atoms with Crippen LogP contribution in [0.4, 0.5) is 0 Å². The maximum Gasteiger partial charge on any atom is 0.356 e. The summed E-state index contributed by atoms with van der Waals surface area (Å²) in [5, 5.41) is 1.36. The van der Waals surface area contributed by atoms with Crippen LogP contribution in [0, 0.1) is 0 Å². The van der Waals surface area contributed by atoms with Gasteiger partial charge < -0.3 is 4.74 Å². The number of para-hydroxylation sites is 1. The van der Waals surface area contributed by atoms with Gasteiger partial charge in [-0.2, -0.15) is 0 Å². The summed E-state index contributed by atoms with van der Waals surface area (Å²) in [6.07, 6.45) is 0. The molecular formula is C15H16ClNO2. The first-order valence-corrected chi connectivity index (χ1v) is 6.40. The third kappa shape index (κ3) is 2.56. The van der Waals surface area contributed by atoms with E-state index in [1.165, 1.54) is 7.11 Å². The molecule has 0 amide bonds. The third-order valence-corrected chi connectivity index (χ3v) is 3.30. The van der Waals surface area contributed by atoms with Gasteiger partial charge in [0.05, 0.1) is 17.6 Å². The van der Waals surface area contributed by atoms with Gasteiger partial charge in [-0.1, -0.05) is 50.6 Å². The Morgan fingerprint density at radius 2 is 2.00 bits per heavy atom. The molecule has 4 heteroatoms. The van der Waals surface area contributed by atoms with Crippen molar-refractivity contribution in [2.24, 2.45) is 0 Å². The lowest BCUT2D eigenvalue weighted by molar-refractivity contribution is 0.0594. The van der Waals surface area contributed by atoms with Gasteiger partial charge >= 0.3 is 5.97 Å². The molecule has 0 saturated heterocycles. The highest BCUT2D eigenvalue weighted by molar-refractivity contribution is 6.35. The zero-order chi connectivity index (χ0) is 14.2. The Kier molecular flexibility index (Phi) is 3.50. The first-order valence-electron chi connectivity index (χ1n) is 6.02. The summed E-state index contributed by atoms with van der Waals surface area (Å²) in [4.78, 5) is 16.0. The number of hydrogen-bond acceptors (Lipinski definition) is 3. The Balaban J connectivity index is 2.80. The van der Waals surface area contributed by atoms with Crippen molar-refractivity contribution >= 4 is 28.5 Å². The van der Waals surface area contributed by atoms with E-state index in [1.54, 1.807) is 6.07 Å². The Morgan fingerprint density at radius 1 is 1.32 bits per heavy atom. The first-order chi connectivity index (χ1) is 8.84. The van der Waals surface area contributed by atoms with Crippen molar-refractivity contribution in [2.75, 3.05) is 7.11 Å². The number of ether oxygens (including phenoxy) is 1. The summed E-state index contributed by atoms with van der Waals surface area (Å²) in [6.45, 7) is 6.30. The van der Waals surface area contributed by atoms with Gasteiger partial charge in [-0.3, -0.25) is 0 Å². The molecule has 19 heavy (non-hydrogen) atoms. The number of halogens is 1. The average Bonchev–Trinajstić information content (AvgIpc) is 2.35. The number of nitrogens with zero attached hydrogens (tertiary/aromatic N) is 1. The van der Waals surface area contributed by atoms with Crippen molar-refractivity contribution in [2.45, 2.75) is 26.2 Å². The second-order valence-corrected chi connectivity index (χ2v) is 5.84. The Labute approximate surface area is 117 Å². The summed E-state index contributed by atoms with van der Waals surface area (Å²) >= 11 is 6.24. The normalized spacial score (nSPS) is 11.6. The van der Waals surface area contributed by atoms with Crippen LogP contribution < -0.4 is 0 Å². The van der Waals surface area contributed by atoms with Crippen LogP contribution in [0.5, 0.6) is 0 Å². The Hall–Kier alpha value is -1.61. The van der Waals surface area contributed by atoms with Crippen LogP contribution >= 0.6 is 11.6 Å². The SMILES string of the molecule is COC(=O)c1cc(Cl)c2cccc(C(C)(C)C)c2n1. The van der Waals surface area contributed by atoms with E-state index in [0.29, 0.717) is 5.02 Å². The molecule has 1 heterocycles. The third-order valence-electron chi connectivity index (χ3n) is 2.99. The van der Waals surface area contributed by atoms with Crippen molar-refractivity contribution < 1.29 is 9.53 Å². The summed E-state index contributed by atoms with van der Waals surface area (Å²) in [6, 6.07) is 7.41. The molecule has 0 aliphatic heterocycles. The lowest BCUT2D eigenvalue weighted by Gasteiger charge is -2.21. The van der Waals surface area contributed by atoms with Crippen LogP contribution in [-0.4, -0.2) is 18.1 Å². The van der Waals surface area contributed by atoms with E-state index in [1.807, 2.05) is 18.2 Å². The number of aromatic nitrogens is 1. The molecule has 0 N–H and O–H groups in total. The highest BCUT2D eigenvalue weighted by Crippen LogP contribution is 2.32. The fourth-order valence-corrected chi connectivity index (χ4v) is 2.28. The van der Waals surface area contributed by atoms with E-state index in [9.17, 15) is 4.79 Å². The fraction of sp³-hybridized carbons (Fsp3) is 0.333. The van der Waals surface area contributed by atoms with E-state index in [4.69, 9.17) is 16.3 Å². The first kappa shape index (κ1) is 13.8. The van der Waals surface area contributed by atoms with E-state index >= 15 is 0 Å². The van der Waals surface area contributed by atoms with Gasteiger partial charge in [0, 0.05) is 5.39 Å². The molecule has 0 aliphatic rings. The molecule has 0 radical (unpaired) electrons. The van der Waals surface area contributed by atoms with E-state index < -0.39 is 5.97 Å². The van der Waals surface area contributed by atoms with Gasteiger partial charge in [0.1, 0.15) is 0 Å². The van der Waals surface area contributed by atoms with Crippen molar-refractivity contribution in [1.82, 2.24) is 4.98 Å². The van der Waals surface area contributed by atoms with Gasteiger partial charge in [-0.25, -0.2) is 9.78 Å². The van der Waals surface area contributed by atoms with Gasteiger partial charge in [0.2, 0.25) is 0 Å². The highest BCUT2D eigenvalue weighted by Gasteiger charge is 2.20. The van der Waals surface area contributed by atoms with Gasteiger partial charge in [0.15, 0.2) is 5.69 Å². The average molecular weight is 278 g/mol. The number of hydrogen-bond donors (Lipinski definition) is 0. The summed E-state index contributed by atoms with van der Waals surface area (Å²) in [7, 11) is 1.33. The monoisotopic (exact) mass is 277 g/mol. The molecule has 0 saturated carbocycles. The molecule has 0 atom stereocenters. The van der Waals surface area contributed by atoms with Crippen molar-refractivity contribution in [3.05, 3.63) is 40.5 Å². The minimum atomic E-state index is -0.479. The van der Waals surface area contributed by atoms with Crippen LogP contribution in [0.25, 0.3) is 10.9 Å². The van der Waals surface area contributed by atoms with E-state index in [-0.39, 0.29) is 11.1 Å². The number of fused-ring (bicyclic) bond motifs is 1. The highest BCUT2D eigenvalue weighted by atomic mass is 35.5. The van der Waals surface area contributed by atoms with Crippen molar-refractivity contribution in [3.63, 3.8) is 0 Å². The number of carbonyl (C=O) groups excluding carboxylic acids is 1. The summed E-state index contributed by atoms with van der Waals surface area (Å²) < 4.78 is 4.71. The molecule has 0 aliphatic carbocycles. The lowest BCUT2D eigenvalue weighted by atomic mass is 9.85. The number of esters is 1. The molecule has 0 fully saturated rings. The zero-order valence-corrected chi connectivity index (χ0v) is 12.2. The topological polar surface area (TPSA) is 39.2 Å².